The lowest BCUT2D eigenvalue weighted by Crippen LogP contribution is -2.51. The highest BCUT2D eigenvalue weighted by Gasteiger charge is 2.37. The van der Waals surface area contributed by atoms with Crippen molar-refractivity contribution in [3.8, 4) is 0 Å². The Balaban J connectivity index is 2.79. The van der Waals surface area contributed by atoms with Crippen LogP contribution >= 0.6 is 0 Å². The van der Waals surface area contributed by atoms with E-state index in [-0.39, 0.29) is 18.4 Å². The van der Waals surface area contributed by atoms with E-state index in [0.717, 1.165) is 0 Å². The molecule has 1 atom stereocenters. The van der Waals surface area contributed by atoms with E-state index in [0.29, 0.717) is 6.54 Å². The van der Waals surface area contributed by atoms with Gasteiger partial charge in [-0.25, -0.2) is 4.79 Å². The first-order valence-corrected chi connectivity index (χ1v) is 4.61. The number of nitrogens with zero attached hydrogens (tertiary/aromatic N) is 1. The molecule has 1 saturated heterocycles. The third kappa shape index (κ3) is 2.16. The Morgan fingerprint density at radius 3 is 2.43 bits per heavy atom. The van der Waals surface area contributed by atoms with Gasteiger partial charge in [0.25, 0.3) is 0 Å². The highest BCUT2D eigenvalue weighted by atomic mass is 16.4. The van der Waals surface area contributed by atoms with Crippen molar-refractivity contribution in [2.75, 3.05) is 6.54 Å². The van der Waals surface area contributed by atoms with Gasteiger partial charge in [0.2, 0.25) is 5.91 Å². The maximum Gasteiger partial charge on any atom is 0.408 e. The Morgan fingerprint density at radius 1 is 1.57 bits per heavy atom. The molecule has 0 aromatic rings. The second kappa shape index (κ2) is 3.48. The second-order valence-corrected chi connectivity index (χ2v) is 4.49. The summed E-state index contributed by atoms with van der Waals surface area (Å²) in [5.74, 6) is -0.0782. The van der Waals surface area contributed by atoms with Gasteiger partial charge in [-0.3, -0.25) is 9.69 Å². The fraction of sp³-hybridized carbons (Fsp3) is 0.778. The number of nitrogens with one attached hydrogen (secondary N) is 1. The Morgan fingerprint density at radius 2 is 2.14 bits per heavy atom. The number of carbonyl (C=O) groups is 2. The molecule has 80 valence electrons. The van der Waals surface area contributed by atoms with Crippen LogP contribution in [0.15, 0.2) is 0 Å². The third-order valence-corrected chi connectivity index (χ3v) is 2.25. The predicted molar refractivity (Wildman–Crippen MR) is 51.0 cm³/mol. The molecule has 0 saturated carbocycles. The minimum absolute atomic E-state index is 0.0782. The summed E-state index contributed by atoms with van der Waals surface area (Å²) in [6, 6.07) is -0.236. The standard InChI is InChI=1S/C9H16N2O3/c1-9(2,3)11(8(13)14)6-4-7(12)10-5-6/h6H,4-5H2,1-3H3,(H,10,12)(H,13,14)/t6-/m1/s1. The Hall–Kier alpha value is -1.26. The molecule has 1 heterocycles. The molecule has 5 heteroatoms. The number of amides is 2. The molecule has 0 unspecified atom stereocenters. The fourth-order valence-electron chi connectivity index (χ4n) is 1.76. The molecule has 1 fully saturated rings. The summed E-state index contributed by atoms with van der Waals surface area (Å²) >= 11 is 0. The summed E-state index contributed by atoms with van der Waals surface area (Å²) in [6.07, 6.45) is -0.706. The van der Waals surface area contributed by atoms with E-state index in [1.165, 1.54) is 4.90 Å². The number of carboxylic acid groups (broad SMARTS) is 1. The van der Waals surface area contributed by atoms with Crippen LogP contribution in [0, 0.1) is 0 Å². The van der Waals surface area contributed by atoms with Gasteiger partial charge in [-0.1, -0.05) is 0 Å². The summed E-state index contributed by atoms with van der Waals surface area (Å²) < 4.78 is 0. The van der Waals surface area contributed by atoms with E-state index in [1.54, 1.807) is 0 Å². The van der Waals surface area contributed by atoms with Gasteiger partial charge in [0.05, 0.1) is 6.04 Å². The van der Waals surface area contributed by atoms with Crippen LogP contribution in [0.25, 0.3) is 0 Å². The molecule has 5 nitrogen and oxygen atoms in total. The SMILES string of the molecule is CC(C)(C)N(C(=O)O)[C@H]1CNC(=O)C1. The predicted octanol–water partition coefficient (Wildman–Crippen LogP) is 0.653. The van der Waals surface area contributed by atoms with Gasteiger partial charge in [0, 0.05) is 18.5 Å². The van der Waals surface area contributed by atoms with E-state index in [4.69, 9.17) is 5.11 Å². The quantitative estimate of drug-likeness (QED) is 0.653. The molecule has 0 aliphatic carbocycles. The minimum Gasteiger partial charge on any atom is -0.465 e. The minimum atomic E-state index is -0.973. The van der Waals surface area contributed by atoms with Crippen LogP contribution in [0.4, 0.5) is 4.79 Å². The van der Waals surface area contributed by atoms with Crippen LogP contribution in [0.5, 0.6) is 0 Å². The molecular formula is C9H16N2O3. The fourth-order valence-corrected chi connectivity index (χ4v) is 1.76. The van der Waals surface area contributed by atoms with Crippen molar-refractivity contribution in [2.24, 2.45) is 0 Å². The first-order chi connectivity index (χ1) is 6.32. The van der Waals surface area contributed by atoms with Crippen molar-refractivity contribution in [1.82, 2.24) is 10.2 Å². The van der Waals surface area contributed by atoms with Gasteiger partial charge < -0.3 is 10.4 Å². The molecule has 0 aromatic heterocycles. The zero-order valence-corrected chi connectivity index (χ0v) is 8.70. The molecule has 2 N–H and O–H groups in total. The smallest absolute Gasteiger partial charge is 0.408 e. The molecule has 2 amide bonds. The lowest BCUT2D eigenvalue weighted by atomic mass is 10.0. The summed E-state index contributed by atoms with van der Waals surface area (Å²) in [4.78, 5) is 23.3. The van der Waals surface area contributed by atoms with Crippen molar-refractivity contribution < 1.29 is 14.7 Å². The van der Waals surface area contributed by atoms with Gasteiger partial charge in [0.15, 0.2) is 0 Å². The lowest BCUT2D eigenvalue weighted by Gasteiger charge is -2.37. The van der Waals surface area contributed by atoms with Gasteiger partial charge in [-0.15, -0.1) is 0 Å². The van der Waals surface area contributed by atoms with E-state index in [2.05, 4.69) is 5.32 Å². The van der Waals surface area contributed by atoms with E-state index in [9.17, 15) is 9.59 Å². The first-order valence-electron chi connectivity index (χ1n) is 4.61. The van der Waals surface area contributed by atoms with Crippen molar-refractivity contribution >= 4 is 12.0 Å². The van der Waals surface area contributed by atoms with Crippen LogP contribution in [0.2, 0.25) is 0 Å². The van der Waals surface area contributed by atoms with Gasteiger partial charge in [-0.2, -0.15) is 0 Å². The van der Waals surface area contributed by atoms with Crippen molar-refractivity contribution in [1.29, 1.82) is 0 Å². The summed E-state index contributed by atoms with van der Waals surface area (Å²) in [5, 5.41) is 11.7. The van der Waals surface area contributed by atoms with Crippen LogP contribution in [0.1, 0.15) is 27.2 Å². The molecule has 1 rings (SSSR count). The van der Waals surface area contributed by atoms with E-state index < -0.39 is 11.6 Å². The number of hydrogen-bond donors (Lipinski definition) is 2. The highest BCUT2D eigenvalue weighted by molar-refractivity contribution is 5.80. The van der Waals surface area contributed by atoms with Crippen molar-refractivity contribution in [2.45, 2.75) is 38.8 Å². The summed E-state index contributed by atoms with van der Waals surface area (Å²) in [6.45, 7) is 5.89. The zero-order valence-electron chi connectivity index (χ0n) is 8.70. The number of carbonyl (C=O) groups excluding carboxylic acids is 1. The molecule has 0 aromatic carbocycles. The maximum atomic E-state index is 11.0. The van der Waals surface area contributed by atoms with Gasteiger partial charge in [-0.05, 0) is 20.8 Å². The van der Waals surface area contributed by atoms with Crippen LogP contribution in [-0.4, -0.2) is 40.1 Å². The summed E-state index contributed by atoms with van der Waals surface area (Å²) in [7, 11) is 0. The maximum absolute atomic E-state index is 11.0. The van der Waals surface area contributed by atoms with Gasteiger partial charge >= 0.3 is 6.09 Å². The average Bonchev–Trinajstić information content (AvgIpc) is 2.31. The molecule has 1 aliphatic heterocycles. The molecule has 0 spiro atoms. The molecular weight excluding hydrogens is 184 g/mol. The average molecular weight is 200 g/mol. The highest BCUT2D eigenvalue weighted by Crippen LogP contribution is 2.21. The largest absolute Gasteiger partial charge is 0.465 e. The molecule has 1 aliphatic rings. The van der Waals surface area contributed by atoms with E-state index in [1.807, 2.05) is 20.8 Å². The Labute approximate surface area is 83.1 Å². The Kier molecular flexibility index (Phi) is 2.69. The molecule has 14 heavy (non-hydrogen) atoms. The van der Waals surface area contributed by atoms with Gasteiger partial charge in [0.1, 0.15) is 0 Å². The van der Waals surface area contributed by atoms with Crippen LogP contribution in [-0.2, 0) is 4.79 Å². The lowest BCUT2D eigenvalue weighted by molar-refractivity contribution is -0.119. The van der Waals surface area contributed by atoms with E-state index >= 15 is 0 Å². The Bertz CT molecular complexity index is 257. The number of hydrogen-bond acceptors (Lipinski definition) is 2. The summed E-state index contributed by atoms with van der Waals surface area (Å²) in [5.41, 5.74) is -0.469. The van der Waals surface area contributed by atoms with Crippen LogP contribution < -0.4 is 5.32 Å². The third-order valence-electron chi connectivity index (χ3n) is 2.25. The van der Waals surface area contributed by atoms with Crippen molar-refractivity contribution in [3.63, 3.8) is 0 Å². The number of rotatable bonds is 1. The topological polar surface area (TPSA) is 69.6 Å². The molecule has 0 radical (unpaired) electrons. The zero-order chi connectivity index (χ0) is 10.9. The van der Waals surface area contributed by atoms with Crippen molar-refractivity contribution in [3.05, 3.63) is 0 Å². The first kappa shape index (κ1) is 10.8. The second-order valence-electron chi connectivity index (χ2n) is 4.49. The van der Waals surface area contributed by atoms with Crippen LogP contribution in [0.3, 0.4) is 0 Å². The normalized spacial score (nSPS) is 21.9. The molecule has 0 bridgehead atoms. The monoisotopic (exact) mass is 200 g/mol.